The van der Waals surface area contributed by atoms with Crippen molar-refractivity contribution in [3.05, 3.63) is 54.1 Å². The van der Waals surface area contributed by atoms with Crippen molar-refractivity contribution in [2.75, 3.05) is 0 Å². The van der Waals surface area contributed by atoms with Crippen LogP contribution in [0.1, 0.15) is 20.8 Å². The van der Waals surface area contributed by atoms with Crippen LogP contribution in [0, 0.1) is 6.92 Å². The molecule has 90 valence electrons. The van der Waals surface area contributed by atoms with Gasteiger partial charge in [0.15, 0.2) is 0 Å². The maximum atomic E-state index is 6.22. The van der Waals surface area contributed by atoms with Crippen LogP contribution in [0.2, 0.25) is 10.0 Å². The van der Waals surface area contributed by atoms with Crippen LogP contribution in [0.15, 0.2) is 28.1 Å². The molecule has 0 spiro atoms. The SMILES string of the molecule is Cc1cc(C(Br)c2cccc(Cl)c2Cl)sc1Br. The van der Waals surface area contributed by atoms with Crippen molar-refractivity contribution >= 4 is 66.4 Å². The Morgan fingerprint density at radius 3 is 2.59 bits per heavy atom. The van der Waals surface area contributed by atoms with Gasteiger partial charge in [0.25, 0.3) is 0 Å². The van der Waals surface area contributed by atoms with E-state index in [1.54, 1.807) is 17.4 Å². The summed E-state index contributed by atoms with van der Waals surface area (Å²) in [5.41, 5.74) is 2.22. The molecule has 0 amide bonds. The molecule has 0 fully saturated rings. The number of thiophene rings is 1. The number of rotatable bonds is 2. The topological polar surface area (TPSA) is 0 Å². The van der Waals surface area contributed by atoms with Gasteiger partial charge < -0.3 is 0 Å². The molecule has 17 heavy (non-hydrogen) atoms. The predicted octanol–water partition coefficient (Wildman–Crippen LogP) is 6.61. The molecule has 0 bridgehead atoms. The van der Waals surface area contributed by atoms with Crippen LogP contribution in [0.5, 0.6) is 0 Å². The lowest BCUT2D eigenvalue weighted by Crippen LogP contribution is -1.91. The van der Waals surface area contributed by atoms with Crippen molar-refractivity contribution in [1.82, 2.24) is 0 Å². The van der Waals surface area contributed by atoms with Gasteiger partial charge >= 0.3 is 0 Å². The highest BCUT2D eigenvalue weighted by Crippen LogP contribution is 2.42. The lowest BCUT2D eigenvalue weighted by Gasteiger charge is -2.11. The zero-order valence-electron chi connectivity index (χ0n) is 8.81. The summed E-state index contributed by atoms with van der Waals surface area (Å²) in [6.45, 7) is 2.07. The molecule has 2 rings (SSSR count). The van der Waals surface area contributed by atoms with E-state index in [1.807, 2.05) is 12.1 Å². The van der Waals surface area contributed by atoms with E-state index < -0.39 is 0 Å². The number of alkyl halides is 1. The van der Waals surface area contributed by atoms with E-state index in [0.29, 0.717) is 10.0 Å². The quantitative estimate of drug-likeness (QED) is 0.485. The van der Waals surface area contributed by atoms with Gasteiger partial charge in [0, 0.05) is 4.88 Å². The minimum Gasteiger partial charge on any atom is -0.131 e. The summed E-state index contributed by atoms with van der Waals surface area (Å²) in [6.07, 6.45) is 0. The van der Waals surface area contributed by atoms with Gasteiger partial charge in [-0.1, -0.05) is 51.3 Å². The Labute approximate surface area is 131 Å². The van der Waals surface area contributed by atoms with Crippen LogP contribution in [-0.4, -0.2) is 0 Å². The van der Waals surface area contributed by atoms with Crippen molar-refractivity contribution < 1.29 is 0 Å². The second-order valence-corrected chi connectivity index (χ2v) is 7.71. The van der Waals surface area contributed by atoms with E-state index in [-0.39, 0.29) is 4.83 Å². The van der Waals surface area contributed by atoms with Crippen molar-refractivity contribution in [2.45, 2.75) is 11.8 Å². The summed E-state index contributed by atoms with van der Waals surface area (Å²) in [5, 5.41) is 1.19. The first-order chi connectivity index (χ1) is 8.00. The van der Waals surface area contributed by atoms with Crippen molar-refractivity contribution in [1.29, 1.82) is 0 Å². The fourth-order valence-electron chi connectivity index (χ4n) is 1.48. The van der Waals surface area contributed by atoms with Crippen LogP contribution in [0.4, 0.5) is 0 Å². The Kier molecular flexibility index (Phi) is 4.59. The molecule has 1 unspecified atom stereocenters. The van der Waals surface area contributed by atoms with Crippen molar-refractivity contribution in [3.8, 4) is 0 Å². The van der Waals surface area contributed by atoms with Gasteiger partial charge in [0.1, 0.15) is 0 Å². The zero-order chi connectivity index (χ0) is 12.6. The van der Waals surface area contributed by atoms with E-state index in [4.69, 9.17) is 23.2 Å². The first-order valence-corrected chi connectivity index (χ1v) is 8.12. The van der Waals surface area contributed by atoms with Gasteiger partial charge in [-0.3, -0.25) is 0 Å². The summed E-state index contributed by atoms with van der Waals surface area (Å²) in [4.78, 5) is 1.28. The molecule has 0 N–H and O–H groups in total. The maximum absolute atomic E-state index is 6.22. The average Bonchev–Trinajstić information content (AvgIpc) is 2.62. The summed E-state index contributed by atoms with van der Waals surface area (Å²) in [5.74, 6) is 0. The molecule has 1 atom stereocenters. The third-order valence-electron chi connectivity index (χ3n) is 2.38. The lowest BCUT2D eigenvalue weighted by atomic mass is 10.1. The number of hydrogen-bond donors (Lipinski definition) is 0. The highest BCUT2D eigenvalue weighted by molar-refractivity contribution is 9.11. The number of aryl methyl sites for hydroxylation is 1. The van der Waals surface area contributed by atoms with E-state index in [1.165, 1.54) is 10.4 Å². The molecule has 5 heteroatoms. The molecular formula is C12H8Br2Cl2S. The summed E-state index contributed by atoms with van der Waals surface area (Å²) < 4.78 is 1.15. The highest BCUT2D eigenvalue weighted by Gasteiger charge is 2.18. The Hall–Kier alpha value is 0.460. The molecule has 0 nitrogen and oxygen atoms in total. The van der Waals surface area contributed by atoms with Gasteiger partial charge in [-0.05, 0) is 46.1 Å². The fourth-order valence-corrected chi connectivity index (χ4v) is 4.39. The molecule has 0 saturated carbocycles. The normalized spacial score (nSPS) is 12.8. The molecule has 1 heterocycles. The van der Waals surface area contributed by atoms with Gasteiger partial charge in [0.2, 0.25) is 0 Å². The van der Waals surface area contributed by atoms with E-state index in [9.17, 15) is 0 Å². The summed E-state index contributed by atoms with van der Waals surface area (Å²) in [6, 6.07) is 7.83. The molecule has 0 radical (unpaired) electrons. The largest absolute Gasteiger partial charge is 0.131 e. The lowest BCUT2D eigenvalue weighted by molar-refractivity contribution is 1.22. The fraction of sp³-hybridized carbons (Fsp3) is 0.167. The Morgan fingerprint density at radius 1 is 1.29 bits per heavy atom. The Balaban J connectivity index is 2.43. The first-order valence-electron chi connectivity index (χ1n) is 4.84. The number of hydrogen-bond acceptors (Lipinski definition) is 1. The standard InChI is InChI=1S/C12H8Br2Cl2S/c1-6-5-9(17-12(6)14)10(13)7-3-2-4-8(15)11(7)16/h2-5,10H,1H3. The minimum atomic E-state index is 0.0729. The van der Waals surface area contributed by atoms with Crippen LogP contribution in [-0.2, 0) is 0 Å². The van der Waals surface area contributed by atoms with Crippen LogP contribution < -0.4 is 0 Å². The third kappa shape index (κ3) is 2.90. The molecule has 0 saturated heterocycles. The highest BCUT2D eigenvalue weighted by atomic mass is 79.9. The Morgan fingerprint density at radius 2 is 2.00 bits per heavy atom. The third-order valence-corrected chi connectivity index (χ3v) is 6.71. The predicted molar refractivity (Wildman–Crippen MR) is 84.0 cm³/mol. The first kappa shape index (κ1) is 13.9. The smallest absolute Gasteiger partial charge is 0.0753 e. The maximum Gasteiger partial charge on any atom is 0.0753 e. The van der Waals surface area contributed by atoms with Gasteiger partial charge in [0.05, 0.1) is 18.7 Å². The molecule has 1 aromatic heterocycles. The Bertz CT molecular complexity index is 532. The van der Waals surface area contributed by atoms with Crippen molar-refractivity contribution in [2.24, 2.45) is 0 Å². The zero-order valence-corrected chi connectivity index (χ0v) is 14.3. The molecule has 0 aliphatic rings. The number of benzene rings is 1. The second-order valence-electron chi connectivity index (χ2n) is 3.61. The van der Waals surface area contributed by atoms with E-state index in [2.05, 4.69) is 44.8 Å². The minimum absolute atomic E-state index is 0.0729. The van der Waals surface area contributed by atoms with Gasteiger partial charge in [-0.2, -0.15) is 0 Å². The van der Waals surface area contributed by atoms with Crippen molar-refractivity contribution in [3.63, 3.8) is 0 Å². The van der Waals surface area contributed by atoms with Gasteiger partial charge in [-0.25, -0.2) is 0 Å². The molecule has 2 aromatic rings. The van der Waals surface area contributed by atoms with Crippen LogP contribution >= 0.6 is 66.4 Å². The second kappa shape index (κ2) is 5.62. The number of halogens is 4. The van der Waals surface area contributed by atoms with Gasteiger partial charge in [-0.15, -0.1) is 11.3 Å². The molecule has 0 aliphatic carbocycles. The van der Waals surface area contributed by atoms with Crippen LogP contribution in [0.25, 0.3) is 0 Å². The summed E-state index contributed by atoms with van der Waals surface area (Å²) in [7, 11) is 0. The summed E-state index contributed by atoms with van der Waals surface area (Å²) >= 11 is 21.1. The van der Waals surface area contributed by atoms with E-state index in [0.717, 1.165) is 9.35 Å². The molecular weight excluding hydrogens is 407 g/mol. The average molecular weight is 415 g/mol. The molecule has 0 aliphatic heterocycles. The van der Waals surface area contributed by atoms with E-state index >= 15 is 0 Å². The molecule has 1 aromatic carbocycles. The van der Waals surface area contributed by atoms with Crippen LogP contribution in [0.3, 0.4) is 0 Å². The monoisotopic (exact) mass is 412 g/mol.